The molecule has 1 heterocycles. The van der Waals surface area contributed by atoms with E-state index in [-0.39, 0.29) is 24.3 Å². The Hall–Kier alpha value is -1.18. The van der Waals surface area contributed by atoms with Crippen LogP contribution < -0.4 is 16.4 Å². The van der Waals surface area contributed by atoms with Crippen LogP contribution in [0.5, 0.6) is 0 Å². The molecule has 0 radical (unpaired) electrons. The van der Waals surface area contributed by atoms with E-state index < -0.39 is 6.04 Å². The summed E-state index contributed by atoms with van der Waals surface area (Å²) >= 11 is 8.94. The smallest absolute Gasteiger partial charge is 0.243 e. The van der Waals surface area contributed by atoms with Crippen LogP contribution in [-0.2, 0) is 9.59 Å². The maximum atomic E-state index is 11.7. The van der Waals surface area contributed by atoms with Gasteiger partial charge in [0.1, 0.15) is 5.15 Å². The number of rotatable bonds is 5. The molecule has 0 aliphatic carbocycles. The van der Waals surface area contributed by atoms with Crippen LogP contribution in [0.3, 0.4) is 0 Å². The molecule has 110 valence electrons. The van der Waals surface area contributed by atoms with Gasteiger partial charge in [-0.1, -0.05) is 25.4 Å². The summed E-state index contributed by atoms with van der Waals surface area (Å²) < 4.78 is 0.572. The van der Waals surface area contributed by atoms with Crippen molar-refractivity contribution in [2.45, 2.75) is 19.9 Å². The molecule has 0 saturated heterocycles. The second-order valence-electron chi connectivity index (χ2n) is 4.53. The molecule has 2 amide bonds. The van der Waals surface area contributed by atoms with Crippen LogP contribution in [0, 0.1) is 5.92 Å². The fourth-order valence-electron chi connectivity index (χ4n) is 1.28. The minimum atomic E-state index is -0.630. The molecule has 0 aliphatic rings. The Morgan fingerprint density at radius 2 is 2.15 bits per heavy atom. The monoisotopic (exact) mass is 362 g/mol. The molecular formula is C12H16BrClN4O2. The molecule has 0 unspecified atom stereocenters. The molecule has 1 aromatic rings. The van der Waals surface area contributed by atoms with Crippen molar-refractivity contribution in [1.82, 2.24) is 10.3 Å². The van der Waals surface area contributed by atoms with E-state index in [0.717, 1.165) is 0 Å². The average Bonchev–Trinajstić information content (AvgIpc) is 2.39. The van der Waals surface area contributed by atoms with Gasteiger partial charge in [0, 0.05) is 0 Å². The fourth-order valence-corrected chi connectivity index (χ4v) is 1.74. The lowest BCUT2D eigenvalue weighted by molar-refractivity contribution is -0.125. The van der Waals surface area contributed by atoms with Crippen molar-refractivity contribution in [3.05, 3.63) is 21.9 Å². The summed E-state index contributed by atoms with van der Waals surface area (Å²) in [7, 11) is 0. The molecule has 6 nitrogen and oxygen atoms in total. The molecule has 0 aromatic carbocycles. The predicted octanol–water partition coefficient (Wildman–Crippen LogP) is 1.54. The number of aromatic nitrogens is 1. The van der Waals surface area contributed by atoms with Crippen molar-refractivity contribution in [2.75, 3.05) is 11.9 Å². The molecule has 1 aromatic heterocycles. The first-order chi connectivity index (χ1) is 9.31. The van der Waals surface area contributed by atoms with E-state index in [1.165, 1.54) is 6.20 Å². The van der Waals surface area contributed by atoms with Crippen LogP contribution in [0.15, 0.2) is 16.7 Å². The largest absolute Gasteiger partial charge is 0.346 e. The molecular weight excluding hydrogens is 348 g/mol. The highest BCUT2D eigenvalue weighted by molar-refractivity contribution is 9.10. The molecule has 0 bridgehead atoms. The number of hydrogen-bond acceptors (Lipinski definition) is 4. The number of hydrogen-bond donors (Lipinski definition) is 3. The first kappa shape index (κ1) is 16.9. The number of nitrogens with two attached hydrogens (primary N) is 1. The van der Waals surface area contributed by atoms with Gasteiger partial charge in [0.2, 0.25) is 11.8 Å². The van der Waals surface area contributed by atoms with Crippen LogP contribution in [-0.4, -0.2) is 29.4 Å². The van der Waals surface area contributed by atoms with Crippen LogP contribution in [0.2, 0.25) is 5.15 Å². The third-order valence-electron chi connectivity index (χ3n) is 2.52. The summed E-state index contributed by atoms with van der Waals surface area (Å²) in [5, 5.41) is 5.37. The minimum absolute atomic E-state index is 0.00878. The van der Waals surface area contributed by atoms with Gasteiger partial charge in [-0.05, 0) is 27.9 Å². The van der Waals surface area contributed by atoms with Gasteiger partial charge in [0.15, 0.2) is 0 Å². The molecule has 1 atom stereocenters. The van der Waals surface area contributed by atoms with Crippen LogP contribution in [0.1, 0.15) is 13.8 Å². The Kier molecular flexibility index (Phi) is 6.38. The van der Waals surface area contributed by atoms with Crippen LogP contribution >= 0.6 is 27.5 Å². The lowest BCUT2D eigenvalue weighted by Crippen LogP contribution is -2.46. The fraction of sp³-hybridized carbons (Fsp3) is 0.417. The molecule has 20 heavy (non-hydrogen) atoms. The number of nitrogens with one attached hydrogen (secondary N) is 2. The Labute approximate surface area is 130 Å². The summed E-state index contributed by atoms with van der Waals surface area (Å²) in [5.41, 5.74) is 6.14. The zero-order valence-corrected chi connectivity index (χ0v) is 13.5. The third kappa shape index (κ3) is 5.07. The van der Waals surface area contributed by atoms with Crippen molar-refractivity contribution in [1.29, 1.82) is 0 Å². The van der Waals surface area contributed by atoms with E-state index in [1.54, 1.807) is 6.07 Å². The van der Waals surface area contributed by atoms with Crippen LogP contribution in [0.4, 0.5) is 5.69 Å². The molecule has 8 heteroatoms. The van der Waals surface area contributed by atoms with E-state index >= 15 is 0 Å². The average molecular weight is 364 g/mol. The highest BCUT2D eigenvalue weighted by Crippen LogP contribution is 2.22. The highest BCUT2D eigenvalue weighted by atomic mass is 79.9. The summed E-state index contributed by atoms with van der Waals surface area (Å²) in [6.45, 7) is 3.52. The van der Waals surface area contributed by atoms with Crippen molar-refractivity contribution in [3.8, 4) is 0 Å². The van der Waals surface area contributed by atoms with Gasteiger partial charge in [-0.15, -0.1) is 0 Å². The summed E-state index contributed by atoms with van der Waals surface area (Å²) in [6.07, 6.45) is 1.42. The van der Waals surface area contributed by atoms with E-state index in [9.17, 15) is 9.59 Å². The van der Waals surface area contributed by atoms with Crippen LogP contribution in [0.25, 0.3) is 0 Å². The highest BCUT2D eigenvalue weighted by Gasteiger charge is 2.17. The summed E-state index contributed by atoms with van der Waals surface area (Å²) in [4.78, 5) is 27.1. The van der Waals surface area contributed by atoms with Crippen molar-refractivity contribution < 1.29 is 9.59 Å². The topological polar surface area (TPSA) is 97.1 Å². The maximum absolute atomic E-state index is 11.7. The molecule has 4 N–H and O–H groups in total. The SMILES string of the molecule is CC(C)[C@H](N)C(=O)NCC(=O)Nc1cnc(Cl)c(Br)c1. The Balaban J connectivity index is 2.48. The molecule has 1 rings (SSSR count). The molecule has 0 saturated carbocycles. The Morgan fingerprint density at radius 1 is 1.50 bits per heavy atom. The maximum Gasteiger partial charge on any atom is 0.243 e. The zero-order valence-electron chi connectivity index (χ0n) is 11.1. The standard InChI is InChI=1S/C12H16BrClN4O2/c1-6(2)10(15)12(20)17-5-9(19)18-7-3-8(13)11(14)16-4-7/h3-4,6,10H,5,15H2,1-2H3,(H,17,20)(H,18,19)/t10-/m0/s1. The van der Waals surface area contributed by atoms with Gasteiger partial charge < -0.3 is 16.4 Å². The summed E-state index contributed by atoms with van der Waals surface area (Å²) in [6, 6.07) is 0.990. The zero-order chi connectivity index (χ0) is 15.3. The second-order valence-corrected chi connectivity index (χ2v) is 5.74. The number of anilines is 1. The van der Waals surface area contributed by atoms with Gasteiger partial charge in [-0.3, -0.25) is 9.59 Å². The van der Waals surface area contributed by atoms with Gasteiger partial charge in [0.25, 0.3) is 0 Å². The Bertz CT molecular complexity index is 510. The summed E-state index contributed by atoms with van der Waals surface area (Å²) in [5.74, 6) is -0.717. The first-order valence-electron chi connectivity index (χ1n) is 5.95. The lowest BCUT2D eigenvalue weighted by atomic mass is 10.1. The molecule has 0 spiro atoms. The van der Waals surface area contributed by atoms with Gasteiger partial charge in [-0.25, -0.2) is 4.98 Å². The molecule has 0 aliphatic heterocycles. The number of pyridine rings is 1. The van der Waals surface area contributed by atoms with E-state index in [0.29, 0.717) is 15.3 Å². The van der Waals surface area contributed by atoms with E-state index in [4.69, 9.17) is 17.3 Å². The van der Waals surface area contributed by atoms with E-state index in [2.05, 4.69) is 31.5 Å². The van der Waals surface area contributed by atoms with Crippen molar-refractivity contribution >= 4 is 45.0 Å². The number of halogens is 2. The number of carbonyl (C=O) groups excluding carboxylic acids is 2. The minimum Gasteiger partial charge on any atom is -0.346 e. The number of nitrogens with zero attached hydrogens (tertiary/aromatic N) is 1. The second kappa shape index (κ2) is 7.56. The normalized spacial score (nSPS) is 12.1. The predicted molar refractivity (Wildman–Crippen MR) is 81.4 cm³/mol. The van der Waals surface area contributed by atoms with Crippen molar-refractivity contribution in [2.24, 2.45) is 11.7 Å². The van der Waals surface area contributed by atoms with Gasteiger partial charge in [0.05, 0.1) is 28.9 Å². The van der Waals surface area contributed by atoms with E-state index in [1.807, 2.05) is 13.8 Å². The quantitative estimate of drug-likeness (QED) is 0.691. The molecule has 0 fully saturated rings. The van der Waals surface area contributed by atoms with Gasteiger partial charge in [-0.2, -0.15) is 0 Å². The third-order valence-corrected chi connectivity index (χ3v) is 3.66. The number of amides is 2. The number of carbonyl (C=O) groups is 2. The van der Waals surface area contributed by atoms with Crippen molar-refractivity contribution in [3.63, 3.8) is 0 Å². The first-order valence-corrected chi connectivity index (χ1v) is 7.12. The van der Waals surface area contributed by atoms with Gasteiger partial charge >= 0.3 is 0 Å². The Morgan fingerprint density at radius 3 is 2.70 bits per heavy atom. The lowest BCUT2D eigenvalue weighted by Gasteiger charge is -2.15.